The first-order chi connectivity index (χ1) is 16.3. The van der Waals surface area contributed by atoms with Crippen LogP contribution in [0.15, 0.2) is 64.2 Å². The summed E-state index contributed by atoms with van der Waals surface area (Å²) in [4.78, 5) is 18.2. The van der Waals surface area contributed by atoms with Crippen molar-refractivity contribution < 1.29 is 9.26 Å². The van der Waals surface area contributed by atoms with Gasteiger partial charge in [-0.05, 0) is 31.2 Å². The van der Waals surface area contributed by atoms with E-state index in [1.54, 1.807) is 6.20 Å². The van der Waals surface area contributed by atoms with E-state index in [0.29, 0.717) is 37.0 Å². The second-order valence-electron chi connectivity index (χ2n) is 7.71. The SMILES string of the molecule is CCNC(=NCCc1noc(-c2ccccn2)n1)N1CCN(CCOc2ccccc2)CC1.I. The first kappa shape index (κ1) is 25.9. The van der Waals surface area contributed by atoms with Gasteiger partial charge in [0.15, 0.2) is 11.8 Å². The molecule has 34 heavy (non-hydrogen) atoms. The minimum Gasteiger partial charge on any atom is -0.492 e. The van der Waals surface area contributed by atoms with Crippen LogP contribution in [-0.4, -0.2) is 83.3 Å². The van der Waals surface area contributed by atoms with Gasteiger partial charge in [0.25, 0.3) is 5.89 Å². The Morgan fingerprint density at radius 2 is 1.88 bits per heavy atom. The standard InChI is InChI=1S/C24H31N7O2.HI/c1-2-25-24(27-13-11-22-28-23(33-29-22)21-10-6-7-12-26-21)31-16-14-30(15-17-31)18-19-32-20-8-4-3-5-9-20;/h3-10,12H,2,11,13-19H2,1H3,(H,25,27);1H. The van der Waals surface area contributed by atoms with Crippen molar-refractivity contribution in [3.05, 3.63) is 60.6 Å². The van der Waals surface area contributed by atoms with Gasteiger partial charge in [0.2, 0.25) is 0 Å². The summed E-state index contributed by atoms with van der Waals surface area (Å²) in [6.07, 6.45) is 2.32. The van der Waals surface area contributed by atoms with E-state index in [1.165, 1.54) is 0 Å². The third-order valence-electron chi connectivity index (χ3n) is 5.38. The van der Waals surface area contributed by atoms with E-state index < -0.39 is 0 Å². The first-order valence-corrected chi connectivity index (χ1v) is 11.5. The van der Waals surface area contributed by atoms with Crippen LogP contribution in [0.25, 0.3) is 11.6 Å². The van der Waals surface area contributed by atoms with Crippen molar-refractivity contribution in [2.75, 3.05) is 52.4 Å². The second kappa shape index (κ2) is 13.9. The number of nitrogens with zero attached hydrogens (tertiary/aromatic N) is 6. The molecule has 0 bridgehead atoms. The highest BCUT2D eigenvalue weighted by Gasteiger charge is 2.19. The summed E-state index contributed by atoms with van der Waals surface area (Å²) in [6.45, 7) is 8.97. The molecule has 1 fully saturated rings. The third kappa shape index (κ3) is 7.66. The van der Waals surface area contributed by atoms with Crippen molar-refractivity contribution in [3.63, 3.8) is 0 Å². The maximum atomic E-state index is 5.83. The molecule has 1 saturated heterocycles. The van der Waals surface area contributed by atoms with Crippen molar-refractivity contribution >= 4 is 29.9 Å². The van der Waals surface area contributed by atoms with Gasteiger partial charge >= 0.3 is 0 Å². The summed E-state index contributed by atoms with van der Waals surface area (Å²) >= 11 is 0. The average molecular weight is 577 g/mol. The summed E-state index contributed by atoms with van der Waals surface area (Å²) in [6, 6.07) is 15.6. The predicted molar refractivity (Wildman–Crippen MR) is 143 cm³/mol. The molecule has 2 aromatic heterocycles. The van der Waals surface area contributed by atoms with Gasteiger partial charge < -0.3 is 19.5 Å². The quantitative estimate of drug-likeness (QED) is 0.236. The Balaban J connectivity index is 0.00000324. The lowest BCUT2D eigenvalue weighted by molar-refractivity contribution is 0.152. The van der Waals surface area contributed by atoms with Crippen LogP contribution in [-0.2, 0) is 6.42 Å². The number of hydrogen-bond donors (Lipinski definition) is 1. The van der Waals surface area contributed by atoms with Crippen LogP contribution in [0.4, 0.5) is 0 Å². The summed E-state index contributed by atoms with van der Waals surface area (Å²) < 4.78 is 11.2. The van der Waals surface area contributed by atoms with Crippen LogP contribution in [0, 0.1) is 0 Å². The van der Waals surface area contributed by atoms with E-state index in [2.05, 4.69) is 37.2 Å². The van der Waals surface area contributed by atoms with Crippen LogP contribution in [0.2, 0.25) is 0 Å². The van der Waals surface area contributed by atoms with E-state index in [1.807, 2.05) is 48.5 Å². The number of piperazine rings is 1. The van der Waals surface area contributed by atoms with Crippen molar-refractivity contribution in [3.8, 4) is 17.3 Å². The molecule has 0 amide bonds. The van der Waals surface area contributed by atoms with E-state index in [-0.39, 0.29) is 24.0 Å². The van der Waals surface area contributed by atoms with Crippen molar-refractivity contribution in [1.82, 2.24) is 30.2 Å². The highest BCUT2D eigenvalue weighted by atomic mass is 127. The summed E-state index contributed by atoms with van der Waals surface area (Å²) in [5, 5.41) is 7.47. The Labute approximate surface area is 217 Å². The number of aliphatic imine (C=N–C) groups is 1. The zero-order chi connectivity index (χ0) is 22.7. The maximum Gasteiger partial charge on any atom is 0.276 e. The Hall–Kier alpha value is -2.73. The molecule has 3 aromatic rings. The molecule has 0 atom stereocenters. The van der Waals surface area contributed by atoms with Gasteiger partial charge in [-0.2, -0.15) is 4.98 Å². The summed E-state index contributed by atoms with van der Waals surface area (Å²) in [5.41, 5.74) is 0.681. The zero-order valence-electron chi connectivity index (χ0n) is 19.5. The van der Waals surface area contributed by atoms with Crippen LogP contribution < -0.4 is 10.1 Å². The zero-order valence-corrected chi connectivity index (χ0v) is 21.8. The molecular formula is C24H32IN7O2. The molecule has 0 unspecified atom stereocenters. The Morgan fingerprint density at radius 1 is 1.09 bits per heavy atom. The number of pyridine rings is 1. The Morgan fingerprint density at radius 3 is 2.62 bits per heavy atom. The van der Waals surface area contributed by atoms with Gasteiger partial charge in [-0.1, -0.05) is 29.4 Å². The number of benzene rings is 1. The molecule has 0 saturated carbocycles. The summed E-state index contributed by atoms with van der Waals surface area (Å²) in [7, 11) is 0. The number of ether oxygens (including phenoxy) is 1. The monoisotopic (exact) mass is 577 g/mol. The van der Waals surface area contributed by atoms with Gasteiger partial charge in [0, 0.05) is 58.4 Å². The van der Waals surface area contributed by atoms with E-state index in [9.17, 15) is 0 Å². The van der Waals surface area contributed by atoms with Crippen molar-refractivity contribution in [1.29, 1.82) is 0 Å². The lowest BCUT2D eigenvalue weighted by atomic mass is 10.3. The number of para-hydroxylation sites is 1. The lowest BCUT2D eigenvalue weighted by Crippen LogP contribution is -2.53. The third-order valence-corrected chi connectivity index (χ3v) is 5.38. The number of rotatable bonds is 9. The summed E-state index contributed by atoms with van der Waals surface area (Å²) in [5.74, 6) is 2.94. The predicted octanol–water partition coefficient (Wildman–Crippen LogP) is 2.95. The minimum atomic E-state index is 0. The molecule has 3 heterocycles. The molecule has 9 nitrogen and oxygen atoms in total. The van der Waals surface area contributed by atoms with Gasteiger partial charge in [0.05, 0.1) is 0 Å². The number of halogens is 1. The fraction of sp³-hybridized carbons (Fsp3) is 0.417. The number of nitrogens with one attached hydrogen (secondary N) is 1. The fourth-order valence-electron chi connectivity index (χ4n) is 3.63. The van der Waals surface area contributed by atoms with Crippen molar-refractivity contribution in [2.24, 2.45) is 4.99 Å². The largest absolute Gasteiger partial charge is 0.492 e. The van der Waals surface area contributed by atoms with Crippen molar-refractivity contribution in [2.45, 2.75) is 13.3 Å². The second-order valence-corrected chi connectivity index (χ2v) is 7.71. The topological polar surface area (TPSA) is 91.9 Å². The molecular weight excluding hydrogens is 545 g/mol. The van der Waals surface area contributed by atoms with Crippen LogP contribution >= 0.6 is 24.0 Å². The average Bonchev–Trinajstić information content (AvgIpc) is 3.34. The Kier molecular flexibility index (Phi) is 10.5. The molecule has 10 heteroatoms. The smallest absolute Gasteiger partial charge is 0.276 e. The van der Waals surface area contributed by atoms with E-state index in [0.717, 1.165) is 51.0 Å². The van der Waals surface area contributed by atoms with Crippen LogP contribution in [0.3, 0.4) is 0 Å². The molecule has 1 aliphatic rings. The molecule has 1 aromatic carbocycles. The van der Waals surface area contributed by atoms with E-state index in [4.69, 9.17) is 14.3 Å². The van der Waals surface area contributed by atoms with Crippen LogP contribution in [0.5, 0.6) is 5.75 Å². The van der Waals surface area contributed by atoms with Gasteiger partial charge in [-0.25, -0.2) is 0 Å². The maximum absolute atomic E-state index is 5.83. The first-order valence-electron chi connectivity index (χ1n) is 11.5. The molecule has 0 aliphatic carbocycles. The molecule has 1 aliphatic heterocycles. The molecule has 4 rings (SSSR count). The molecule has 0 radical (unpaired) electrons. The minimum absolute atomic E-state index is 0. The lowest BCUT2D eigenvalue weighted by Gasteiger charge is -2.36. The van der Waals surface area contributed by atoms with Crippen LogP contribution in [0.1, 0.15) is 12.7 Å². The fourth-order valence-corrected chi connectivity index (χ4v) is 3.63. The van der Waals surface area contributed by atoms with E-state index >= 15 is 0 Å². The number of hydrogen-bond acceptors (Lipinski definition) is 7. The normalized spacial score (nSPS) is 14.5. The number of aromatic nitrogens is 3. The highest BCUT2D eigenvalue weighted by Crippen LogP contribution is 2.13. The van der Waals surface area contributed by atoms with Gasteiger partial charge in [-0.3, -0.25) is 14.9 Å². The molecule has 1 N–H and O–H groups in total. The highest BCUT2D eigenvalue weighted by molar-refractivity contribution is 14.0. The van der Waals surface area contributed by atoms with Gasteiger partial charge in [0.1, 0.15) is 18.1 Å². The Bertz CT molecular complexity index is 993. The number of guanidine groups is 1. The van der Waals surface area contributed by atoms with Gasteiger partial charge in [-0.15, -0.1) is 24.0 Å². The molecule has 0 spiro atoms. The molecule has 182 valence electrons.